The molecule has 0 spiro atoms. The molecule has 0 radical (unpaired) electrons. The van der Waals surface area contributed by atoms with Crippen molar-refractivity contribution in [2.45, 2.75) is 38.6 Å². The molecule has 0 unspecified atom stereocenters. The molecule has 1 heterocycles. The average molecular weight is 333 g/mol. The molecule has 1 aliphatic rings. The Labute approximate surface area is 120 Å². The molecule has 0 saturated carbocycles. The summed E-state index contributed by atoms with van der Waals surface area (Å²) in [6.45, 7) is 6.43. The van der Waals surface area contributed by atoms with Crippen molar-refractivity contribution in [3.05, 3.63) is 23.2 Å². The van der Waals surface area contributed by atoms with Gasteiger partial charge in [-0.2, -0.15) is 0 Å². The largest absolute Gasteiger partial charge is 0.463 e. The lowest BCUT2D eigenvalue weighted by Gasteiger charge is -2.31. The molecule has 106 valence electrons. The van der Waals surface area contributed by atoms with Gasteiger partial charge < -0.3 is 14.2 Å². The molecule has 1 rings (SSSR count). The molecule has 0 aromatic heterocycles. The number of ether oxygens (including phenoxy) is 3. The number of halogens is 1. The molecule has 0 bridgehead atoms. The van der Waals surface area contributed by atoms with Crippen LogP contribution in [0, 0.1) is 0 Å². The van der Waals surface area contributed by atoms with E-state index in [4.69, 9.17) is 14.2 Å². The Morgan fingerprint density at radius 1 is 1.32 bits per heavy atom. The normalized spacial score (nSPS) is 25.7. The SMILES string of the molecule is C=C(Br)C[C@@H]1C=C[C@H](OC(C)=O)[C@@H](COC(C)=O)O1. The minimum Gasteiger partial charge on any atom is -0.463 e. The summed E-state index contributed by atoms with van der Waals surface area (Å²) in [5, 5.41) is 0. The van der Waals surface area contributed by atoms with Crippen molar-refractivity contribution >= 4 is 27.9 Å². The smallest absolute Gasteiger partial charge is 0.303 e. The fourth-order valence-corrected chi connectivity index (χ4v) is 2.00. The van der Waals surface area contributed by atoms with E-state index in [0.717, 1.165) is 4.48 Å². The first-order valence-electron chi connectivity index (χ1n) is 5.86. The van der Waals surface area contributed by atoms with Crippen LogP contribution in [0.15, 0.2) is 23.2 Å². The molecule has 0 saturated heterocycles. The van der Waals surface area contributed by atoms with Crippen molar-refractivity contribution in [2.24, 2.45) is 0 Å². The van der Waals surface area contributed by atoms with E-state index < -0.39 is 24.1 Å². The lowest BCUT2D eigenvalue weighted by molar-refractivity contribution is -0.163. The minimum absolute atomic E-state index is 0.0445. The van der Waals surface area contributed by atoms with Crippen LogP contribution in [0.25, 0.3) is 0 Å². The molecule has 5 nitrogen and oxygen atoms in total. The minimum atomic E-state index is -0.545. The van der Waals surface area contributed by atoms with Crippen molar-refractivity contribution in [1.82, 2.24) is 0 Å². The second kappa shape index (κ2) is 7.45. The quantitative estimate of drug-likeness (QED) is 0.570. The molecule has 19 heavy (non-hydrogen) atoms. The first-order valence-corrected chi connectivity index (χ1v) is 6.65. The van der Waals surface area contributed by atoms with Crippen molar-refractivity contribution in [3.8, 4) is 0 Å². The van der Waals surface area contributed by atoms with E-state index in [0.29, 0.717) is 6.42 Å². The summed E-state index contributed by atoms with van der Waals surface area (Å²) in [5.41, 5.74) is 0. The molecule has 0 aromatic rings. The van der Waals surface area contributed by atoms with Crippen LogP contribution in [0.5, 0.6) is 0 Å². The molecule has 1 aliphatic heterocycles. The van der Waals surface area contributed by atoms with Crippen LogP contribution >= 0.6 is 15.9 Å². The van der Waals surface area contributed by atoms with Gasteiger partial charge in [-0.05, 0) is 10.6 Å². The highest BCUT2D eigenvalue weighted by Crippen LogP contribution is 2.22. The summed E-state index contributed by atoms with van der Waals surface area (Å²) in [5.74, 6) is -0.810. The highest BCUT2D eigenvalue weighted by Gasteiger charge is 2.30. The van der Waals surface area contributed by atoms with E-state index >= 15 is 0 Å². The summed E-state index contributed by atoms with van der Waals surface area (Å²) >= 11 is 3.27. The van der Waals surface area contributed by atoms with Crippen molar-refractivity contribution in [3.63, 3.8) is 0 Å². The summed E-state index contributed by atoms with van der Waals surface area (Å²) in [7, 11) is 0. The Bertz CT molecular complexity index is 390. The Morgan fingerprint density at radius 2 is 2.00 bits per heavy atom. The second-order valence-electron chi connectivity index (χ2n) is 4.20. The van der Waals surface area contributed by atoms with E-state index in [9.17, 15) is 9.59 Å². The van der Waals surface area contributed by atoms with E-state index in [1.165, 1.54) is 13.8 Å². The zero-order chi connectivity index (χ0) is 14.4. The predicted molar refractivity (Wildman–Crippen MR) is 72.7 cm³/mol. The molecule has 6 heteroatoms. The molecule has 3 atom stereocenters. The predicted octanol–water partition coefficient (Wildman–Crippen LogP) is 2.10. The standard InChI is InChI=1S/C13H17BrO5/c1-8(14)6-11-4-5-12(18-10(3)16)13(19-11)7-17-9(2)15/h4-5,11-13H,1,6-7H2,2-3H3/t11-,12-,13+/m0/s1. The van der Waals surface area contributed by atoms with Crippen LogP contribution in [0.1, 0.15) is 20.3 Å². The summed E-state index contributed by atoms with van der Waals surface area (Å²) in [6, 6.07) is 0. The zero-order valence-electron chi connectivity index (χ0n) is 10.9. The number of esters is 2. The van der Waals surface area contributed by atoms with E-state index in [1.807, 2.05) is 6.08 Å². The summed E-state index contributed by atoms with van der Waals surface area (Å²) in [6.07, 6.45) is 2.93. The second-order valence-corrected chi connectivity index (χ2v) is 5.32. The van der Waals surface area contributed by atoms with E-state index in [1.54, 1.807) is 6.08 Å². The Morgan fingerprint density at radius 3 is 2.53 bits per heavy atom. The van der Waals surface area contributed by atoms with Crippen LogP contribution < -0.4 is 0 Å². The Hall–Kier alpha value is -1.14. The van der Waals surface area contributed by atoms with Crippen LogP contribution in [0.3, 0.4) is 0 Å². The van der Waals surface area contributed by atoms with Gasteiger partial charge in [0.1, 0.15) is 18.8 Å². The third-order valence-corrected chi connectivity index (χ3v) is 2.73. The summed E-state index contributed by atoms with van der Waals surface area (Å²) in [4.78, 5) is 21.9. The van der Waals surface area contributed by atoms with Gasteiger partial charge in [0, 0.05) is 20.3 Å². The average Bonchev–Trinajstić information content (AvgIpc) is 2.27. The molecule has 0 aromatic carbocycles. The molecule has 0 N–H and O–H groups in total. The van der Waals surface area contributed by atoms with Crippen molar-refractivity contribution in [1.29, 1.82) is 0 Å². The maximum Gasteiger partial charge on any atom is 0.303 e. The number of carbonyl (C=O) groups is 2. The number of hydrogen-bond acceptors (Lipinski definition) is 5. The molecule has 0 fully saturated rings. The van der Waals surface area contributed by atoms with Crippen molar-refractivity contribution < 1.29 is 23.8 Å². The topological polar surface area (TPSA) is 61.8 Å². The van der Waals surface area contributed by atoms with Crippen LogP contribution in [-0.2, 0) is 23.8 Å². The lowest BCUT2D eigenvalue weighted by Crippen LogP contribution is -2.41. The van der Waals surface area contributed by atoms with Gasteiger partial charge in [0.2, 0.25) is 0 Å². The molecule has 0 aliphatic carbocycles. The van der Waals surface area contributed by atoms with Gasteiger partial charge >= 0.3 is 11.9 Å². The maximum atomic E-state index is 11.0. The van der Waals surface area contributed by atoms with Crippen LogP contribution in [0.4, 0.5) is 0 Å². The number of rotatable bonds is 5. The highest BCUT2D eigenvalue weighted by atomic mass is 79.9. The number of carbonyl (C=O) groups excluding carboxylic acids is 2. The van der Waals surface area contributed by atoms with E-state index in [-0.39, 0.29) is 12.7 Å². The first kappa shape index (κ1) is 15.9. The molecular formula is C13H17BrO5. The fraction of sp³-hybridized carbons (Fsp3) is 0.538. The first-order chi connectivity index (χ1) is 8.88. The van der Waals surface area contributed by atoms with Crippen LogP contribution in [-0.4, -0.2) is 36.9 Å². The van der Waals surface area contributed by atoms with Gasteiger partial charge in [-0.3, -0.25) is 9.59 Å². The molecule has 0 amide bonds. The zero-order valence-corrected chi connectivity index (χ0v) is 12.5. The van der Waals surface area contributed by atoms with Gasteiger partial charge in [0.05, 0.1) is 6.10 Å². The third-order valence-electron chi connectivity index (χ3n) is 2.41. The monoisotopic (exact) mass is 332 g/mol. The van der Waals surface area contributed by atoms with Gasteiger partial charge in [-0.15, -0.1) is 0 Å². The third kappa shape index (κ3) is 6.02. The van der Waals surface area contributed by atoms with Crippen molar-refractivity contribution in [2.75, 3.05) is 6.61 Å². The van der Waals surface area contributed by atoms with Gasteiger partial charge in [-0.1, -0.05) is 28.6 Å². The van der Waals surface area contributed by atoms with Gasteiger partial charge in [-0.25, -0.2) is 0 Å². The summed E-state index contributed by atoms with van der Waals surface area (Å²) < 4.78 is 16.6. The Balaban J connectivity index is 2.68. The lowest BCUT2D eigenvalue weighted by atomic mass is 10.1. The van der Waals surface area contributed by atoms with Gasteiger partial charge in [0.15, 0.2) is 0 Å². The Kier molecular flexibility index (Phi) is 6.24. The van der Waals surface area contributed by atoms with Crippen LogP contribution in [0.2, 0.25) is 0 Å². The number of hydrogen-bond donors (Lipinski definition) is 0. The fourth-order valence-electron chi connectivity index (χ4n) is 1.68. The molecular weight excluding hydrogens is 316 g/mol. The highest BCUT2D eigenvalue weighted by molar-refractivity contribution is 9.11. The van der Waals surface area contributed by atoms with E-state index in [2.05, 4.69) is 22.5 Å². The maximum absolute atomic E-state index is 11.0. The van der Waals surface area contributed by atoms with Gasteiger partial charge in [0.25, 0.3) is 0 Å².